The lowest BCUT2D eigenvalue weighted by molar-refractivity contribution is -0.144. The Morgan fingerprint density at radius 2 is 1.12 bits per heavy atom. The molecule has 5 amide bonds. The molecule has 0 radical (unpaired) electrons. The maximum atomic E-state index is 12.1. The summed E-state index contributed by atoms with van der Waals surface area (Å²) >= 11 is 0. The maximum Gasteiger partial charge on any atom is 0.326 e. The number of carbonyl (C=O) groups is 6. The number of nitrogens with one attached hydrogen (secondary N) is 2. The third-order valence-corrected chi connectivity index (χ3v) is 2.82. The number of hydrogen-bond donors (Lipinski definition) is 7. The normalized spacial score (nSPS) is 13.8. The van der Waals surface area contributed by atoms with Crippen LogP contribution in [0, 0.1) is 0 Å². The van der Waals surface area contributed by atoms with Crippen molar-refractivity contribution in [1.29, 1.82) is 0 Å². The van der Waals surface area contributed by atoms with Crippen LogP contribution in [0.2, 0.25) is 0 Å². The van der Waals surface area contributed by atoms with Crippen molar-refractivity contribution in [3.63, 3.8) is 0 Å². The van der Waals surface area contributed by atoms with Gasteiger partial charge in [0.15, 0.2) is 0 Å². The zero-order valence-corrected chi connectivity index (χ0v) is 13.1. The average Bonchev–Trinajstić information content (AvgIpc) is 2.43. The molecule has 0 unspecified atom stereocenters. The molecule has 0 aliphatic rings. The van der Waals surface area contributed by atoms with E-state index in [2.05, 4.69) is 5.32 Å². The van der Waals surface area contributed by atoms with Gasteiger partial charge in [0.2, 0.25) is 29.5 Å². The van der Waals surface area contributed by atoms with Crippen LogP contribution >= 0.6 is 0 Å². The molecule has 13 heteroatoms. The van der Waals surface area contributed by atoms with Gasteiger partial charge in [-0.2, -0.15) is 0 Å². The number of carboxylic acid groups (broad SMARTS) is 1. The van der Waals surface area contributed by atoms with Crippen LogP contribution in [0.3, 0.4) is 0 Å². The highest BCUT2D eigenvalue weighted by Crippen LogP contribution is 1.99. The third kappa shape index (κ3) is 8.85. The first kappa shape index (κ1) is 21.8. The molecule has 0 heterocycles. The van der Waals surface area contributed by atoms with Crippen LogP contribution in [0.15, 0.2) is 0 Å². The molecule has 0 saturated carbocycles. The molecule has 11 N–H and O–H groups in total. The van der Waals surface area contributed by atoms with Gasteiger partial charge < -0.3 is 38.7 Å². The minimum atomic E-state index is -1.67. The summed E-state index contributed by atoms with van der Waals surface area (Å²) in [5.41, 5.74) is 20.1. The second kappa shape index (κ2) is 9.82. The first-order chi connectivity index (χ1) is 11.4. The van der Waals surface area contributed by atoms with E-state index in [9.17, 15) is 28.8 Å². The molecule has 0 aromatic heterocycles. The highest BCUT2D eigenvalue weighted by atomic mass is 16.4. The smallest absolute Gasteiger partial charge is 0.326 e. The number of aliphatic carboxylic acids is 1. The monoisotopic (exact) mass is 360 g/mol. The van der Waals surface area contributed by atoms with Crippen molar-refractivity contribution in [2.24, 2.45) is 22.9 Å². The largest absolute Gasteiger partial charge is 0.480 e. The number of rotatable bonds is 11. The number of nitrogens with two attached hydrogens (primary N) is 4. The second-order valence-electron chi connectivity index (χ2n) is 5.08. The van der Waals surface area contributed by atoms with Gasteiger partial charge in [-0.1, -0.05) is 0 Å². The summed E-state index contributed by atoms with van der Waals surface area (Å²) in [7, 11) is 0. The predicted octanol–water partition coefficient (Wildman–Crippen LogP) is -5.01. The number of carbonyl (C=O) groups excluding carboxylic acids is 5. The topological polar surface area (TPSA) is 251 Å². The molecule has 3 atom stereocenters. The van der Waals surface area contributed by atoms with Crippen molar-refractivity contribution in [3.8, 4) is 0 Å². The standard InChI is InChI=1S/C12H20N6O7/c13-4(1-7(14)19)10(22)17-5(2-8(15)20)11(23)18-6(12(24)25)3-9(16)21/h4-6H,1-3,13H2,(H2,14,19)(H2,15,20)(H2,16,21)(H,17,22)(H,18,23)(H,24,25)/t4-,5-,6-/m0/s1. The van der Waals surface area contributed by atoms with Gasteiger partial charge in [0, 0.05) is 0 Å². The molecule has 0 aromatic carbocycles. The zero-order chi connectivity index (χ0) is 19.7. The highest BCUT2D eigenvalue weighted by molar-refractivity contribution is 5.96. The zero-order valence-electron chi connectivity index (χ0n) is 13.1. The summed E-state index contributed by atoms with van der Waals surface area (Å²) in [6.07, 6.45) is -1.90. The molecule has 0 aliphatic heterocycles. The van der Waals surface area contributed by atoms with Crippen LogP contribution in [-0.2, 0) is 28.8 Å². The van der Waals surface area contributed by atoms with Crippen LogP contribution in [0.4, 0.5) is 0 Å². The minimum absolute atomic E-state index is 0.518. The lowest BCUT2D eigenvalue weighted by Crippen LogP contribution is -2.56. The lowest BCUT2D eigenvalue weighted by Gasteiger charge is -2.21. The van der Waals surface area contributed by atoms with Crippen molar-refractivity contribution in [2.45, 2.75) is 37.4 Å². The van der Waals surface area contributed by atoms with E-state index in [1.165, 1.54) is 0 Å². The summed E-state index contributed by atoms with van der Waals surface area (Å²) < 4.78 is 0. The van der Waals surface area contributed by atoms with Gasteiger partial charge in [0.05, 0.1) is 25.3 Å². The fourth-order valence-corrected chi connectivity index (χ4v) is 1.67. The second-order valence-corrected chi connectivity index (χ2v) is 5.08. The Morgan fingerprint density at radius 1 is 0.720 bits per heavy atom. The van der Waals surface area contributed by atoms with E-state index in [4.69, 9.17) is 28.0 Å². The Hall–Kier alpha value is -3.22. The first-order valence-electron chi connectivity index (χ1n) is 6.88. The molecular weight excluding hydrogens is 340 g/mol. The van der Waals surface area contributed by atoms with E-state index in [-0.39, 0.29) is 0 Å². The van der Waals surface area contributed by atoms with E-state index >= 15 is 0 Å². The fourth-order valence-electron chi connectivity index (χ4n) is 1.67. The van der Waals surface area contributed by atoms with E-state index in [0.29, 0.717) is 0 Å². The third-order valence-electron chi connectivity index (χ3n) is 2.82. The van der Waals surface area contributed by atoms with Crippen molar-refractivity contribution >= 4 is 35.5 Å². The van der Waals surface area contributed by atoms with Crippen LogP contribution < -0.4 is 33.6 Å². The summed E-state index contributed by atoms with van der Waals surface area (Å²) in [6, 6.07) is -4.63. The van der Waals surface area contributed by atoms with Gasteiger partial charge in [0.1, 0.15) is 12.1 Å². The van der Waals surface area contributed by atoms with E-state index in [1.54, 1.807) is 0 Å². The van der Waals surface area contributed by atoms with E-state index in [1.807, 2.05) is 5.32 Å². The molecule has 140 valence electrons. The van der Waals surface area contributed by atoms with Gasteiger partial charge in [0.25, 0.3) is 0 Å². The molecule has 0 spiro atoms. The van der Waals surface area contributed by atoms with Crippen molar-refractivity contribution in [1.82, 2.24) is 10.6 Å². The Labute approximate surface area is 141 Å². The average molecular weight is 360 g/mol. The Kier molecular flexibility index (Phi) is 8.55. The predicted molar refractivity (Wildman–Crippen MR) is 80.9 cm³/mol. The molecule has 13 nitrogen and oxygen atoms in total. The van der Waals surface area contributed by atoms with Crippen LogP contribution in [0.5, 0.6) is 0 Å². The minimum Gasteiger partial charge on any atom is -0.480 e. The Bertz CT molecular complexity index is 578. The van der Waals surface area contributed by atoms with Crippen LogP contribution in [0.25, 0.3) is 0 Å². The summed E-state index contributed by atoms with van der Waals surface area (Å²) in [6.45, 7) is 0. The molecule has 0 aliphatic carbocycles. The molecule has 0 saturated heterocycles. The van der Waals surface area contributed by atoms with E-state index < -0.39 is 72.9 Å². The molecular formula is C12H20N6O7. The molecule has 0 bridgehead atoms. The number of hydrogen-bond acceptors (Lipinski definition) is 7. The quantitative estimate of drug-likeness (QED) is 0.187. The van der Waals surface area contributed by atoms with Gasteiger partial charge in [-0.3, -0.25) is 24.0 Å². The first-order valence-corrected chi connectivity index (χ1v) is 6.88. The summed E-state index contributed by atoms with van der Waals surface area (Å²) in [4.78, 5) is 67.5. The Balaban J connectivity index is 5.11. The molecule has 25 heavy (non-hydrogen) atoms. The highest BCUT2D eigenvalue weighted by Gasteiger charge is 2.30. The van der Waals surface area contributed by atoms with Gasteiger partial charge >= 0.3 is 5.97 Å². The van der Waals surface area contributed by atoms with Gasteiger partial charge in [-0.05, 0) is 0 Å². The molecule has 0 rings (SSSR count). The summed E-state index contributed by atoms with van der Waals surface area (Å²) in [5, 5.41) is 12.9. The van der Waals surface area contributed by atoms with Crippen molar-refractivity contribution in [2.75, 3.05) is 0 Å². The maximum absolute atomic E-state index is 12.1. The summed E-state index contributed by atoms with van der Waals surface area (Å²) in [5.74, 6) is -6.49. The van der Waals surface area contributed by atoms with E-state index in [0.717, 1.165) is 0 Å². The Morgan fingerprint density at radius 3 is 1.52 bits per heavy atom. The SMILES string of the molecule is NC(=O)C[C@H](NC(=O)[C@H](CC(N)=O)NC(=O)[C@@H](N)CC(N)=O)C(=O)O. The molecule has 0 aromatic rings. The fraction of sp³-hybridized carbons (Fsp3) is 0.500. The number of primary amides is 3. The number of carboxylic acids is 1. The van der Waals surface area contributed by atoms with Crippen LogP contribution in [0.1, 0.15) is 19.3 Å². The lowest BCUT2D eigenvalue weighted by atomic mass is 10.1. The molecule has 0 fully saturated rings. The van der Waals surface area contributed by atoms with Gasteiger partial charge in [-0.25, -0.2) is 4.79 Å². The number of amides is 5. The van der Waals surface area contributed by atoms with Crippen molar-refractivity contribution in [3.05, 3.63) is 0 Å². The van der Waals surface area contributed by atoms with Gasteiger partial charge in [-0.15, -0.1) is 0 Å². The van der Waals surface area contributed by atoms with Crippen molar-refractivity contribution < 1.29 is 33.9 Å². The van der Waals surface area contributed by atoms with Crippen LogP contribution in [-0.4, -0.2) is 58.7 Å².